The van der Waals surface area contributed by atoms with E-state index < -0.39 is 0 Å². The molecule has 0 spiro atoms. The number of hydrogen-bond donors (Lipinski definition) is 1. The number of aryl methyl sites for hydroxylation is 2. The summed E-state index contributed by atoms with van der Waals surface area (Å²) in [5.41, 5.74) is 1.98. The van der Waals surface area contributed by atoms with Crippen molar-refractivity contribution in [2.45, 2.75) is 6.92 Å². The Bertz CT molecular complexity index is 622. The minimum Gasteiger partial charge on any atom is -0.318 e. The van der Waals surface area contributed by atoms with Gasteiger partial charge in [-0.1, -0.05) is 18.2 Å². The third kappa shape index (κ3) is 2.09. The standard InChI is InChI=1S/C13H12N4O/c1-9-12(11(8-14)17(2)16-9)15-13(18)10-6-4-3-5-7-10/h3-7H,1-2H3,(H,15,18). The molecular formula is C13H12N4O. The van der Waals surface area contributed by atoms with Crippen molar-refractivity contribution < 1.29 is 4.79 Å². The molecule has 1 heterocycles. The van der Waals surface area contributed by atoms with Crippen LogP contribution in [-0.2, 0) is 7.05 Å². The summed E-state index contributed by atoms with van der Waals surface area (Å²) in [6.45, 7) is 1.75. The summed E-state index contributed by atoms with van der Waals surface area (Å²) in [6, 6.07) is 10.9. The topological polar surface area (TPSA) is 70.7 Å². The lowest BCUT2D eigenvalue weighted by Crippen LogP contribution is -2.13. The van der Waals surface area contributed by atoms with Crippen molar-refractivity contribution in [2.75, 3.05) is 5.32 Å². The van der Waals surface area contributed by atoms with Crippen LogP contribution in [0.4, 0.5) is 5.69 Å². The van der Waals surface area contributed by atoms with Gasteiger partial charge in [-0.3, -0.25) is 9.48 Å². The molecule has 1 aromatic carbocycles. The van der Waals surface area contributed by atoms with E-state index in [4.69, 9.17) is 5.26 Å². The van der Waals surface area contributed by atoms with Gasteiger partial charge in [0.05, 0.1) is 5.69 Å². The fourth-order valence-electron chi connectivity index (χ4n) is 1.71. The lowest BCUT2D eigenvalue weighted by atomic mass is 10.2. The number of hydrogen-bond acceptors (Lipinski definition) is 3. The van der Waals surface area contributed by atoms with Crippen LogP contribution in [0.15, 0.2) is 30.3 Å². The number of benzene rings is 1. The minimum atomic E-state index is -0.247. The zero-order valence-electron chi connectivity index (χ0n) is 10.1. The molecular weight excluding hydrogens is 228 g/mol. The smallest absolute Gasteiger partial charge is 0.255 e. The Morgan fingerprint density at radius 2 is 2.06 bits per heavy atom. The fourth-order valence-corrected chi connectivity index (χ4v) is 1.71. The lowest BCUT2D eigenvalue weighted by molar-refractivity contribution is 0.102. The fraction of sp³-hybridized carbons (Fsp3) is 0.154. The molecule has 5 heteroatoms. The molecule has 0 saturated heterocycles. The van der Waals surface area contributed by atoms with Gasteiger partial charge in [0.25, 0.3) is 5.91 Å². The highest BCUT2D eigenvalue weighted by Crippen LogP contribution is 2.19. The summed E-state index contributed by atoms with van der Waals surface area (Å²) in [5.74, 6) is -0.247. The summed E-state index contributed by atoms with van der Waals surface area (Å²) < 4.78 is 1.45. The van der Waals surface area contributed by atoms with E-state index in [9.17, 15) is 4.79 Å². The van der Waals surface area contributed by atoms with Crippen LogP contribution < -0.4 is 5.32 Å². The maximum absolute atomic E-state index is 12.0. The van der Waals surface area contributed by atoms with Crippen molar-refractivity contribution in [1.29, 1.82) is 5.26 Å². The Kier molecular flexibility index (Phi) is 3.11. The Morgan fingerprint density at radius 3 is 2.67 bits per heavy atom. The first-order chi connectivity index (χ1) is 8.63. The van der Waals surface area contributed by atoms with Crippen molar-refractivity contribution in [3.8, 4) is 6.07 Å². The van der Waals surface area contributed by atoms with Crippen molar-refractivity contribution in [3.63, 3.8) is 0 Å². The third-order valence-corrected chi connectivity index (χ3v) is 2.60. The molecule has 1 aromatic heterocycles. The minimum absolute atomic E-state index is 0.247. The van der Waals surface area contributed by atoms with E-state index in [0.717, 1.165) is 0 Å². The average Bonchev–Trinajstić information content (AvgIpc) is 2.64. The number of nitrogens with one attached hydrogen (secondary N) is 1. The van der Waals surface area contributed by atoms with Gasteiger partial charge in [-0.2, -0.15) is 10.4 Å². The number of rotatable bonds is 2. The molecule has 0 fully saturated rings. The van der Waals surface area contributed by atoms with Crippen LogP contribution in [0.2, 0.25) is 0 Å². The molecule has 0 bridgehead atoms. The molecule has 0 atom stereocenters. The van der Waals surface area contributed by atoms with Crippen molar-refractivity contribution in [2.24, 2.45) is 7.05 Å². The molecule has 1 N–H and O–H groups in total. The lowest BCUT2D eigenvalue weighted by Gasteiger charge is -2.04. The molecule has 0 radical (unpaired) electrons. The van der Waals surface area contributed by atoms with Gasteiger partial charge in [-0.15, -0.1) is 0 Å². The number of anilines is 1. The zero-order valence-corrected chi connectivity index (χ0v) is 10.1. The second-order valence-electron chi connectivity index (χ2n) is 3.86. The van der Waals surface area contributed by atoms with Crippen LogP contribution >= 0.6 is 0 Å². The van der Waals surface area contributed by atoms with Crippen LogP contribution in [-0.4, -0.2) is 15.7 Å². The van der Waals surface area contributed by atoms with Gasteiger partial charge in [0.2, 0.25) is 0 Å². The summed E-state index contributed by atoms with van der Waals surface area (Å²) in [6.07, 6.45) is 0. The summed E-state index contributed by atoms with van der Waals surface area (Å²) in [7, 11) is 1.67. The predicted octanol–water partition coefficient (Wildman–Crippen LogP) is 1.85. The van der Waals surface area contributed by atoms with Crippen LogP contribution in [0.25, 0.3) is 0 Å². The molecule has 5 nitrogen and oxygen atoms in total. The Morgan fingerprint density at radius 1 is 1.39 bits per heavy atom. The normalized spacial score (nSPS) is 9.83. The highest BCUT2D eigenvalue weighted by molar-refractivity contribution is 6.05. The van der Waals surface area contributed by atoms with E-state index in [0.29, 0.717) is 22.6 Å². The monoisotopic (exact) mass is 240 g/mol. The molecule has 2 rings (SSSR count). The molecule has 1 amide bonds. The molecule has 0 unspecified atom stereocenters. The van der Waals surface area contributed by atoms with E-state index >= 15 is 0 Å². The van der Waals surface area contributed by atoms with Crippen molar-refractivity contribution >= 4 is 11.6 Å². The first kappa shape index (κ1) is 11.9. The van der Waals surface area contributed by atoms with E-state index in [1.165, 1.54) is 4.68 Å². The molecule has 0 aliphatic rings. The third-order valence-electron chi connectivity index (χ3n) is 2.60. The number of nitriles is 1. The van der Waals surface area contributed by atoms with E-state index in [1.54, 1.807) is 38.2 Å². The zero-order chi connectivity index (χ0) is 13.1. The number of carbonyl (C=O) groups is 1. The van der Waals surface area contributed by atoms with Gasteiger partial charge in [0.1, 0.15) is 11.8 Å². The summed E-state index contributed by atoms with van der Waals surface area (Å²) in [4.78, 5) is 12.0. The second kappa shape index (κ2) is 4.72. The van der Waals surface area contributed by atoms with Crippen molar-refractivity contribution in [1.82, 2.24) is 9.78 Å². The summed E-state index contributed by atoms with van der Waals surface area (Å²) >= 11 is 0. The quantitative estimate of drug-likeness (QED) is 0.870. The molecule has 90 valence electrons. The molecule has 18 heavy (non-hydrogen) atoms. The Labute approximate surface area is 105 Å². The molecule has 0 aliphatic heterocycles. The molecule has 0 aliphatic carbocycles. The van der Waals surface area contributed by atoms with Gasteiger partial charge in [0, 0.05) is 12.6 Å². The summed E-state index contributed by atoms with van der Waals surface area (Å²) in [5, 5.41) is 15.9. The number of carbonyl (C=O) groups excluding carboxylic acids is 1. The van der Waals surface area contributed by atoms with Gasteiger partial charge < -0.3 is 5.32 Å². The van der Waals surface area contributed by atoms with Crippen molar-refractivity contribution in [3.05, 3.63) is 47.3 Å². The number of aromatic nitrogens is 2. The highest BCUT2D eigenvalue weighted by atomic mass is 16.1. The largest absolute Gasteiger partial charge is 0.318 e. The first-order valence-electron chi connectivity index (χ1n) is 5.43. The van der Waals surface area contributed by atoms with E-state index in [1.807, 2.05) is 12.1 Å². The molecule has 2 aromatic rings. The second-order valence-corrected chi connectivity index (χ2v) is 3.86. The Balaban J connectivity index is 2.31. The van der Waals surface area contributed by atoms with Gasteiger partial charge >= 0.3 is 0 Å². The predicted molar refractivity (Wildman–Crippen MR) is 67.1 cm³/mol. The van der Waals surface area contributed by atoms with Gasteiger partial charge in [0.15, 0.2) is 5.69 Å². The van der Waals surface area contributed by atoms with Crippen LogP contribution in [0.3, 0.4) is 0 Å². The van der Waals surface area contributed by atoms with Crippen LogP contribution in [0, 0.1) is 18.3 Å². The molecule has 0 saturated carbocycles. The van der Waals surface area contributed by atoms with E-state index in [-0.39, 0.29) is 5.91 Å². The van der Waals surface area contributed by atoms with E-state index in [2.05, 4.69) is 10.4 Å². The maximum Gasteiger partial charge on any atom is 0.255 e. The SMILES string of the molecule is Cc1nn(C)c(C#N)c1NC(=O)c1ccccc1. The van der Waals surface area contributed by atoms with Crippen LogP contribution in [0.1, 0.15) is 21.7 Å². The Hall–Kier alpha value is -2.61. The van der Waals surface area contributed by atoms with Gasteiger partial charge in [-0.25, -0.2) is 0 Å². The average molecular weight is 240 g/mol. The maximum atomic E-state index is 12.0. The number of nitrogens with zero attached hydrogens (tertiary/aromatic N) is 3. The van der Waals surface area contributed by atoms with Gasteiger partial charge in [-0.05, 0) is 19.1 Å². The highest BCUT2D eigenvalue weighted by Gasteiger charge is 2.15. The first-order valence-corrected chi connectivity index (χ1v) is 5.43. The van der Waals surface area contributed by atoms with Crippen LogP contribution in [0.5, 0.6) is 0 Å². The number of amides is 1.